The van der Waals surface area contributed by atoms with E-state index in [0.717, 1.165) is 0 Å². The van der Waals surface area contributed by atoms with Gasteiger partial charge >= 0.3 is 0 Å². The first-order chi connectivity index (χ1) is 6.62. The first-order valence-corrected chi connectivity index (χ1v) is 5.77. The second-order valence-corrected chi connectivity index (χ2v) is 6.99. The van der Waals surface area contributed by atoms with Gasteiger partial charge in [0.2, 0.25) is 0 Å². The molecule has 0 aromatic heterocycles. The zero-order valence-corrected chi connectivity index (χ0v) is 11.1. The third-order valence-corrected chi connectivity index (χ3v) is 3.01. The van der Waals surface area contributed by atoms with E-state index < -0.39 is 3.79 Å². The van der Waals surface area contributed by atoms with E-state index in [2.05, 4.69) is 0 Å². The van der Waals surface area contributed by atoms with E-state index >= 15 is 0 Å². The summed E-state index contributed by atoms with van der Waals surface area (Å²) in [6.45, 7) is 5.89. The molecule has 0 N–H and O–H groups in total. The molecule has 1 unspecified atom stereocenters. The minimum atomic E-state index is -1.40. The number of rotatable bonds is 0. The molecule has 84 valence electrons. The minimum absolute atomic E-state index is 0.00648. The van der Waals surface area contributed by atoms with Crippen molar-refractivity contribution in [1.29, 1.82) is 0 Å². The third-order valence-electron chi connectivity index (χ3n) is 2.25. The molecule has 0 amide bonds. The van der Waals surface area contributed by atoms with Crippen LogP contribution in [0.1, 0.15) is 20.8 Å². The zero-order chi connectivity index (χ0) is 11.9. The summed E-state index contributed by atoms with van der Waals surface area (Å²) >= 11 is 17.4. The third kappa shape index (κ3) is 3.24. The smallest absolute Gasteiger partial charge is 0.200 e. The van der Waals surface area contributed by atoms with E-state index in [4.69, 9.17) is 34.8 Å². The maximum absolute atomic E-state index is 11.6. The van der Waals surface area contributed by atoms with Crippen LogP contribution in [0.15, 0.2) is 23.8 Å². The van der Waals surface area contributed by atoms with Gasteiger partial charge in [-0.05, 0) is 11.5 Å². The highest BCUT2D eigenvalue weighted by molar-refractivity contribution is 6.68. The van der Waals surface area contributed by atoms with Crippen molar-refractivity contribution in [2.24, 2.45) is 11.3 Å². The molecule has 0 spiro atoms. The fourth-order valence-electron chi connectivity index (χ4n) is 1.42. The standard InChI is InChI=1S/C11H13Cl3O/c1-10(2,3)8-6-7(11(12,13)14)4-5-9(8)15/h4-7H,1-3H3. The molecule has 0 bridgehead atoms. The molecule has 1 aliphatic carbocycles. The summed E-state index contributed by atoms with van der Waals surface area (Å²) in [4.78, 5) is 11.6. The predicted octanol–water partition coefficient (Wildman–Crippen LogP) is 4.08. The largest absolute Gasteiger partial charge is 0.290 e. The number of alkyl halides is 3. The summed E-state index contributed by atoms with van der Waals surface area (Å²) in [6, 6.07) is 0. The van der Waals surface area contributed by atoms with E-state index in [1.165, 1.54) is 6.08 Å². The quantitative estimate of drug-likeness (QED) is 0.604. The van der Waals surface area contributed by atoms with Crippen LogP contribution in [-0.4, -0.2) is 9.58 Å². The van der Waals surface area contributed by atoms with Gasteiger partial charge in [0, 0.05) is 11.5 Å². The fourth-order valence-corrected chi connectivity index (χ4v) is 1.83. The summed E-state index contributed by atoms with van der Waals surface area (Å²) in [6.07, 6.45) is 4.85. The lowest BCUT2D eigenvalue weighted by Gasteiger charge is -2.28. The maximum Gasteiger partial charge on any atom is 0.200 e. The Balaban J connectivity index is 3.07. The van der Waals surface area contributed by atoms with Crippen molar-refractivity contribution in [1.82, 2.24) is 0 Å². The highest BCUT2D eigenvalue weighted by atomic mass is 35.6. The molecule has 1 aliphatic rings. The van der Waals surface area contributed by atoms with Gasteiger partial charge in [-0.25, -0.2) is 0 Å². The molecule has 0 aromatic carbocycles. The maximum atomic E-state index is 11.6. The average Bonchev–Trinajstić information content (AvgIpc) is 2.00. The van der Waals surface area contributed by atoms with Crippen molar-refractivity contribution in [3.8, 4) is 0 Å². The first kappa shape index (κ1) is 13.1. The fraction of sp³-hybridized carbons (Fsp3) is 0.545. The number of ketones is 1. The van der Waals surface area contributed by atoms with Gasteiger partial charge in [-0.3, -0.25) is 4.79 Å². The Bertz CT molecular complexity index is 329. The molecular weight excluding hydrogens is 254 g/mol. The summed E-state index contributed by atoms with van der Waals surface area (Å²) in [7, 11) is 0. The van der Waals surface area contributed by atoms with Gasteiger partial charge in [0.1, 0.15) is 0 Å². The molecule has 1 atom stereocenters. The molecule has 0 radical (unpaired) electrons. The lowest BCUT2D eigenvalue weighted by atomic mass is 9.79. The second kappa shape index (κ2) is 4.12. The topological polar surface area (TPSA) is 17.1 Å². The summed E-state index contributed by atoms with van der Waals surface area (Å²) in [5.41, 5.74) is 0.469. The van der Waals surface area contributed by atoms with Gasteiger partial charge in [-0.15, -0.1) is 0 Å². The number of allylic oxidation sites excluding steroid dienone is 4. The first-order valence-electron chi connectivity index (χ1n) is 4.64. The molecule has 15 heavy (non-hydrogen) atoms. The molecule has 4 heteroatoms. The van der Waals surface area contributed by atoms with Crippen LogP contribution in [0.4, 0.5) is 0 Å². The highest BCUT2D eigenvalue weighted by Crippen LogP contribution is 2.41. The minimum Gasteiger partial charge on any atom is -0.290 e. The van der Waals surface area contributed by atoms with Crippen LogP contribution in [0.2, 0.25) is 0 Å². The van der Waals surface area contributed by atoms with Crippen molar-refractivity contribution in [2.75, 3.05) is 0 Å². The van der Waals surface area contributed by atoms with Gasteiger partial charge in [0.15, 0.2) is 9.58 Å². The van der Waals surface area contributed by atoms with Gasteiger partial charge in [-0.1, -0.05) is 67.7 Å². The number of halogens is 3. The van der Waals surface area contributed by atoms with Crippen LogP contribution in [0, 0.1) is 11.3 Å². The Morgan fingerprint density at radius 1 is 1.20 bits per heavy atom. The molecule has 1 nitrogen and oxygen atoms in total. The lowest BCUT2D eigenvalue weighted by molar-refractivity contribution is -0.112. The molecule has 0 aliphatic heterocycles. The molecule has 0 saturated heterocycles. The number of hydrogen-bond donors (Lipinski definition) is 0. The normalized spacial score (nSPS) is 22.9. The van der Waals surface area contributed by atoms with Crippen LogP contribution in [0.5, 0.6) is 0 Å². The zero-order valence-electron chi connectivity index (χ0n) is 8.85. The van der Waals surface area contributed by atoms with Crippen molar-refractivity contribution >= 4 is 40.6 Å². The lowest BCUT2D eigenvalue weighted by Crippen LogP contribution is -2.25. The molecular formula is C11H13Cl3O. The highest BCUT2D eigenvalue weighted by Gasteiger charge is 2.34. The van der Waals surface area contributed by atoms with Gasteiger partial charge < -0.3 is 0 Å². The van der Waals surface area contributed by atoms with Crippen LogP contribution >= 0.6 is 34.8 Å². The van der Waals surface area contributed by atoms with Gasteiger partial charge in [0.05, 0.1) is 0 Å². The number of carbonyl (C=O) groups excluding carboxylic acids is 1. The Morgan fingerprint density at radius 2 is 1.73 bits per heavy atom. The van der Waals surface area contributed by atoms with Crippen LogP contribution < -0.4 is 0 Å². The van der Waals surface area contributed by atoms with E-state index in [9.17, 15) is 4.79 Å². The van der Waals surface area contributed by atoms with Gasteiger partial charge in [0.25, 0.3) is 0 Å². The number of carbonyl (C=O) groups is 1. The summed E-state index contributed by atoms with van der Waals surface area (Å²) < 4.78 is -1.40. The Labute approximate surface area is 105 Å². The average molecular weight is 268 g/mol. The Morgan fingerprint density at radius 3 is 2.13 bits per heavy atom. The summed E-state index contributed by atoms with van der Waals surface area (Å²) in [5.74, 6) is -0.345. The Hall–Kier alpha value is 0.0200. The van der Waals surface area contributed by atoms with Crippen LogP contribution in [0.3, 0.4) is 0 Å². The van der Waals surface area contributed by atoms with Crippen LogP contribution in [-0.2, 0) is 4.79 Å². The Kier molecular flexibility index (Phi) is 3.59. The van der Waals surface area contributed by atoms with Crippen molar-refractivity contribution in [2.45, 2.75) is 24.6 Å². The monoisotopic (exact) mass is 266 g/mol. The van der Waals surface area contributed by atoms with Crippen molar-refractivity contribution < 1.29 is 4.79 Å². The van der Waals surface area contributed by atoms with Crippen LogP contribution in [0.25, 0.3) is 0 Å². The summed E-state index contributed by atoms with van der Waals surface area (Å²) in [5, 5.41) is 0. The van der Waals surface area contributed by atoms with E-state index in [1.54, 1.807) is 12.2 Å². The van der Waals surface area contributed by atoms with Crippen molar-refractivity contribution in [3.63, 3.8) is 0 Å². The molecule has 0 aromatic rings. The number of hydrogen-bond acceptors (Lipinski definition) is 1. The molecule has 0 fully saturated rings. The van der Waals surface area contributed by atoms with Crippen molar-refractivity contribution in [3.05, 3.63) is 23.8 Å². The SMILES string of the molecule is CC(C)(C)C1=CC(C(Cl)(Cl)Cl)C=CC1=O. The second-order valence-electron chi connectivity index (χ2n) is 4.62. The molecule has 1 rings (SSSR count). The molecule has 0 saturated carbocycles. The van der Waals surface area contributed by atoms with Gasteiger partial charge in [-0.2, -0.15) is 0 Å². The van der Waals surface area contributed by atoms with E-state index in [-0.39, 0.29) is 17.1 Å². The van der Waals surface area contributed by atoms with E-state index in [1.807, 2.05) is 20.8 Å². The van der Waals surface area contributed by atoms with E-state index in [0.29, 0.717) is 5.57 Å². The predicted molar refractivity (Wildman–Crippen MR) is 65.5 cm³/mol. The molecule has 0 heterocycles.